The molecule has 6 heteroatoms. The summed E-state index contributed by atoms with van der Waals surface area (Å²) in [4.78, 5) is 14.3. The molecule has 0 aromatic carbocycles. The van der Waals surface area contributed by atoms with Gasteiger partial charge in [0, 0.05) is 12.8 Å². The second kappa shape index (κ2) is 3.89. The van der Waals surface area contributed by atoms with Crippen LogP contribution in [0.25, 0.3) is 10.9 Å². The Hall–Kier alpha value is -1.82. The van der Waals surface area contributed by atoms with Crippen LogP contribution >= 0.6 is 0 Å². The standard InChI is InChI=1S/C11H14N4O2/c12-10-9-8(3-4-13-11(9)16)15(14-10)7-2-1-5-17-6-7/h3-4,7H,1-2,5-6H2,(H2,12,14)(H,13,16). The van der Waals surface area contributed by atoms with Gasteiger partial charge in [0.1, 0.15) is 5.39 Å². The minimum absolute atomic E-state index is 0.172. The number of anilines is 1. The minimum Gasteiger partial charge on any atom is -0.382 e. The van der Waals surface area contributed by atoms with Crippen molar-refractivity contribution in [2.75, 3.05) is 18.9 Å². The predicted molar refractivity (Wildman–Crippen MR) is 63.9 cm³/mol. The van der Waals surface area contributed by atoms with Gasteiger partial charge in [0.25, 0.3) is 5.56 Å². The highest BCUT2D eigenvalue weighted by molar-refractivity contribution is 5.88. The van der Waals surface area contributed by atoms with E-state index in [0.29, 0.717) is 12.0 Å². The number of pyridine rings is 1. The summed E-state index contributed by atoms with van der Waals surface area (Å²) < 4.78 is 7.26. The lowest BCUT2D eigenvalue weighted by atomic mass is 10.1. The average Bonchev–Trinajstić information content (AvgIpc) is 2.69. The molecule has 6 nitrogen and oxygen atoms in total. The SMILES string of the molecule is Nc1nn(C2CCCOC2)c2cc[nH]c(=O)c12. The molecule has 3 heterocycles. The van der Waals surface area contributed by atoms with Crippen LogP contribution in [0.2, 0.25) is 0 Å². The Labute approximate surface area is 97.4 Å². The molecule has 3 N–H and O–H groups in total. The summed E-state index contributed by atoms with van der Waals surface area (Å²) in [6.07, 6.45) is 3.63. The van der Waals surface area contributed by atoms with Gasteiger partial charge in [-0.05, 0) is 18.9 Å². The van der Waals surface area contributed by atoms with E-state index in [1.807, 2.05) is 10.7 Å². The van der Waals surface area contributed by atoms with E-state index in [0.717, 1.165) is 25.0 Å². The van der Waals surface area contributed by atoms with E-state index in [2.05, 4.69) is 10.1 Å². The Morgan fingerprint density at radius 2 is 2.47 bits per heavy atom. The molecule has 3 rings (SSSR count). The van der Waals surface area contributed by atoms with Crippen LogP contribution in [0.3, 0.4) is 0 Å². The summed E-state index contributed by atoms with van der Waals surface area (Å²) in [6.45, 7) is 1.43. The summed E-state index contributed by atoms with van der Waals surface area (Å²) in [6, 6.07) is 2.00. The van der Waals surface area contributed by atoms with Crippen LogP contribution in [-0.4, -0.2) is 28.0 Å². The molecule has 0 spiro atoms. The number of hydrogen-bond donors (Lipinski definition) is 2. The first kappa shape index (κ1) is 10.3. The van der Waals surface area contributed by atoms with Crippen LogP contribution in [0.5, 0.6) is 0 Å². The van der Waals surface area contributed by atoms with Crippen molar-refractivity contribution in [3.05, 3.63) is 22.6 Å². The lowest BCUT2D eigenvalue weighted by molar-refractivity contribution is 0.0566. The first-order valence-electron chi connectivity index (χ1n) is 5.70. The maximum Gasteiger partial charge on any atom is 0.261 e. The van der Waals surface area contributed by atoms with Crippen LogP contribution < -0.4 is 11.3 Å². The van der Waals surface area contributed by atoms with Crippen LogP contribution in [0.15, 0.2) is 17.1 Å². The van der Waals surface area contributed by atoms with Gasteiger partial charge in [-0.3, -0.25) is 9.48 Å². The van der Waals surface area contributed by atoms with E-state index < -0.39 is 0 Å². The summed E-state index contributed by atoms with van der Waals surface area (Å²) in [5.74, 6) is 0.285. The number of nitrogen functional groups attached to an aromatic ring is 1. The number of nitrogens with one attached hydrogen (secondary N) is 1. The lowest BCUT2D eigenvalue weighted by Crippen LogP contribution is -2.22. The Bertz CT molecular complexity index is 595. The van der Waals surface area contributed by atoms with Crippen molar-refractivity contribution < 1.29 is 4.74 Å². The Morgan fingerprint density at radius 3 is 3.24 bits per heavy atom. The van der Waals surface area contributed by atoms with Crippen LogP contribution in [0, 0.1) is 0 Å². The normalized spacial score (nSPS) is 20.8. The van der Waals surface area contributed by atoms with Gasteiger partial charge < -0.3 is 15.5 Å². The van der Waals surface area contributed by atoms with E-state index in [1.54, 1.807) is 6.20 Å². The molecule has 1 aliphatic heterocycles. The van der Waals surface area contributed by atoms with E-state index >= 15 is 0 Å². The Kier molecular flexibility index (Phi) is 2.36. The molecule has 2 aromatic heterocycles. The molecule has 1 saturated heterocycles. The molecule has 1 fully saturated rings. The summed E-state index contributed by atoms with van der Waals surface area (Å²) in [7, 11) is 0. The van der Waals surface area contributed by atoms with Crippen molar-refractivity contribution >= 4 is 16.7 Å². The van der Waals surface area contributed by atoms with Gasteiger partial charge in [0.15, 0.2) is 5.82 Å². The molecule has 17 heavy (non-hydrogen) atoms. The molecule has 0 aliphatic carbocycles. The molecule has 90 valence electrons. The smallest absolute Gasteiger partial charge is 0.261 e. The van der Waals surface area contributed by atoms with Crippen LogP contribution in [-0.2, 0) is 4.74 Å². The van der Waals surface area contributed by atoms with Crippen molar-refractivity contribution in [1.82, 2.24) is 14.8 Å². The number of aromatic nitrogens is 3. The third kappa shape index (κ3) is 1.61. The topological polar surface area (TPSA) is 85.9 Å². The summed E-state index contributed by atoms with van der Waals surface area (Å²) in [5.41, 5.74) is 6.38. The summed E-state index contributed by atoms with van der Waals surface area (Å²) >= 11 is 0. The fraction of sp³-hybridized carbons (Fsp3) is 0.455. The van der Waals surface area contributed by atoms with Crippen molar-refractivity contribution in [2.45, 2.75) is 18.9 Å². The zero-order chi connectivity index (χ0) is 11.8. The van der Waals surface area contributed by atoms with Crippen molar-refractivity contribution in [2.24, 2.45) is 0 Å². The number of H-pyrrole nitrogens is 1. The number of aromatic amines is 1. The maximum atomic E-state index is 11.7. The van der Waals surface area contributed by atoms with Crippen LogP contribution in [0.4, 0.5) is 5.82 Å². The minimum atomic E-state index is -0.192. The van der Waals surface area contributed by atoms with Gasteiger partial charge >= 0.3 is 0 Å². The van der Waals surface area contributed by atoms with Gasteiger partial charge in [0.2, 0.25) is 0 Å². The highest BCUT2D eigenvalue weighted by Crippen LogP contribution is 2.25. The number of rotatable bonds is 1. The van der Waals surface area contributed by atoms with Gasteiger partial charge in [-0.15, -0.1) is 0 Å². The Balaban J connectivity index is 2.17. The van der Waals surface area contributed by atoms with E-state index in [4.69, 9.17) is 10.5 Å². The van der Waals surface area contributed by atoms with Gasteiger partial charge in [0.05, 0.1) is 18.2 Å². The monoisotopic (exact) mass is 234 g/mol. The largest absolute Gasteiger partial charge is 0.382 e. The highest BCUT2D eigenvalue weighted by Gasteiger charge is 2.21. The van der Waals surface area contributed by atoms with Gasteiger partial charge in [-0.25, -0.2) is 0 Å². The number of nitrogens with two attached hydrogens (primary N) is 1. The second-order valence-electron chi connectivity index (χ2n) is 4.27. The van der Waals surface area contributed by atoms with Crippen molar-refractivity contribution in [3.63, 3.8) is 0 Å². The molecule has 0 bridgehead atoms. The van der Waals surface area contributed by atoms with Crippen LogP contribution in [0.1, 0.15) is 18.9 Å². The molecule has 2 aromatic rings. The number of hydrogen-bond acceptors (Lipinski definition) is 4. The molecule has 1 unspecified atom stereocenters. The van der Waals surface area contributed by atoms with Gasteiger partial charge in [-0.1, -0.05) is 0 Å². The van der Waals surface area contributed by atoms with E-state index in [9.17, 15) is 4.79 Å². The second-order valence-corrected chi connectivity index (χ2v) is 4.27. The molecular formula is C11H14N4O2. The lowest BCUT2D eigenvalue weighted by Gasteiger charge is -2.22. The quantitative estimate of drug-likeness (QED) is 0.758. The summed E-state index contributed by atoms with van der Waals surface area (Å²) in [5, 5.41) is 4.74. The molecule has 0 radical (unpaired) electrons. The molecule has 0 amide bonds. The fourth-order valence-corrected chi connectivity index (χ4v) is 2.32. The molecule has 0 saturated carbocycles. The first-order valence-corrected chi connectivity index (χ1v) is 5.70. The molecule has 1 aliphatic rings. The third-order valence-electron chi connectivity index (χ3n) is 3.14. The number of ether oxygens (including phenoxy) is 1. The average molecular weight is 234 g/mol. The van der Waals surface area contributed by atoms with Gasteiger partial charge in [-0.2, -0.15) is 5.10 Å². The van der Waals surface area contributed by atoms with Crippen molar-refractivity contribution in [3.8, 4) is 0 Å². The fourth-order valence-electron chi connectivity index (χ4n) is 2.32. The highest BCUT2D eigenvalue weighted by atomic mass is 16.5. The van der Waals surface area contributed by atoms with E-state index in [-0.39, 0.29) is 17.4 Å². The zero-order valence-electron chi connectivity index (χ0n) is 9.35. The zero-order valence-corrected chi connectivity index (χ0v) is 9.35. The number of fused-ring (bicyclic) bond motifs is 1. The first-order chi connectivity index (χ1) is 8.27. The number of nitrogens with zero attached hydrogens (tertiary/aromatic N) is 2. The van der Waals surface area contributed by atoms with Crippen molar-refractivity contribution in [1.29, 1.82) is 0 Å². The predicted octanol–water partition coefficient (Wildman–Crippen LogP) is 0.658. The Morgan fingerprint density at radius 1 is 1.59 bits per heavy atom. The molecular weight excluding hydrogens is 220 g/mol. The third-order valence-corrected chi connectivity index (χ3v) is 3.14. The molecule has 1 atom stereocenters. The maximum absolute atomic E-state index is 11.7. The van der Waals surface area contributed by atoms with E-state index in [1.165, 1.54) is 0 Å².